The largest absolute Gasteiger partial charge is 0.494 e. The second kappa shape index (κ2) is 6.91. The molecule has 0 saturated heterocycles. The van der Waals surface area contributed by atoms with Crippen LogP contribution in [-0.4, -0.2) is 16.6 Å². The van der Waals surface area contributed by atoms with Crippen molar-refractivity contribution in [2.75, 3.05) is 6.61 Å². The van der Waals surface area contributed by atoms with E-state index in [0.717, 1.165) is 42.3 Å². The molecule has 1 aromatic heterocycles. The number of hydrogen-bond acceptors (Lipinski definition) is 3. The predicted molar refractivity (Wildman–Crippen MR) is 91.2 cm³/mol. The molecule has 0 aliphatic carbocycles. The highest BCUT2D eigenvalue weighted by Crippen LogP contribution is 2.22. The first kappa shape index (κ1) is 16.5. The monoisotopic (exact) mass is 298 g/mol. The van der Waals surface area contributed by atoms with Crippen LogP contribution in [0.2, 0.25) is 0 Å². The second-order valence-corrected chi connectivity index (χ2v) is 6.84. The van der Waals surface area contributed by atoms with Crippen LogP contribution in [-0.2, 0) is 6.42 Å². The van der Waals surface area contributed by atoms with Crippen LogP contribution in [0, 0.1) is 12.3 Å². The van der Waals surface area contributed by atoms with E-state index < -0.39 is 0 Å². The summed E-state index contributed by atoms with van der Waals surface area (Å²) >= 11 is 0. The lowest BCUT2D eigenvalue weighted by molar-refractivity contribution is 0.243. The van der Waals surface area contributed by atoms with E-state index in [4.69, 9.17) is 4.74 Å². The van der Waals surface area contributed by atoms with Gasteiger partial charge >= 0.3 is 0 Å². The minimum Gasteiger partial charge on any atom is -0.494 e. The number of hydrogen-bond donors (Lipinski definition) is 0. The third-order valence-corrected chi connectivity index (χ3v) is 3.70. The van der Waals surface area contributed by atoms with E-state index in [0.29, 0.717) is 5.41 Å². The number of benzene rings is 1. The Bertz CT molecular complexity index is 612. The average molecular weight is 298 g/mol. The Kier molecular flexibility index (Phi) is 5.17. The van der Waals surface area contributed by atoms with Crippen LogP contribution < -0.4 is 4.74 Å². The van der Waals surface area contributed by atoms with Crippen molar-refractivity contribution in [2.24, 2.45) is 5.41 Å². The Balaban J connectivity index is 2.04. The minimum absolute atomic E-state index is 0.298. The van der Waals surface area contributed by atoms with Crippen molar-refractivity contribution in [2.45, 2.75) is 47.5 Å². The van der Waals surface area contributed by atoms with Crippen molar-refractivity contribution in [3.05, 3.63) is 41.7 Å². The summed E-state index contributed by atoms with van der Waals surface area (Å²) in [7, 11) is 0. The first-order valence-electron chi connectivity index (χ1n) is 7.95. The van der Waals surface area contributed by atoms with E-state index in [-0.39, 0.29) is 0 Å². The van der Waals surface area contributed by atoms with E-state index in [1.54, 1.807) is 0 Å². The van der Waals surface area contributed by atoms with Crippen LogP contribution in [0.5, 0.6) is 5.75 Å². The third kappa shape index (κ3) is 4.55. The normalized spacial score (nSPS) is 11.5. The van der Waals surface area contributed by atoms with Crippen LogP contribution >= 0.6 is 0 Å². The van der Waals surface area contributed by atoms with Gasteiger partial charge in [-0.2, -0.15) is 0 Å². The molecule has 0 aliphatic rings. The Morgan fingerprint density at radius 1 is 1.09 bits per heavy atom. The molecule has 0 radical (unpaired) electrons. The van der Waals surface area contributed by atoms with Crippen molar-refractivity contribution in [1.82, 2.24) is 9.97 Å². The van der Waals surface area contributed by atoms with Gasteiger partial charge in [0.25, 0.3) is 0 Å². The summed E-state index contributed by atoms with van der Waals surface area (Å²) in [4.78, 5) is 9.04. The van der Waals surface area contributed by atoms with Gasteiger partial charge in [-0.1, -0.05) is 27.7 Å². The van der Waals surface area contributed by atoms with Gasteiger partial charge in [-0.15, -0.1) is 0 Å². The molecular formula is C19H26N2O. The molecule has 0 fully saturated rings. The maximum Gasteiger partial charge on any atom is 0.159 e. The van der Waals surface area contributed by atoms with Gasteiger partial charge in [-0.3, -0.25) is 0 Å². The number of rotatable bonds is 5. The van der Waals surface area contributed by atoms with E-state index in [1.807, 2.05) is 37.4 Å². The van der Waals surface area contributed by atoms with E-state index in [1.165, 1.54) is 5.56 Å². The molecule has 3 heteroatoms. The SMILES string of the molecule is CCc1cnc(-c2ccc(OCCC(C)(C)C)cc2)nc1C. The van der Waals surface area contributed by atoms with Gasteiger partial charge < -0.3 is 4.74 Å². The van der Waals surface area contributed by atoms with Crippen molar-refractivity contribution in [3.8, 4) is 17.1 Å². The lowest BCUT2D eigenvalue weighted by atomic mass is 9.93. The van der Waals surface area contributed by atoms with Gasteiger partial charge in [0.15, 0.2) is 5.82 Å². The number of ether oxygens (including phenoxy) is 1. The highest BCUT2D eigenvalue weighted by molar-refractivity contribution is 5.56. The topological polar surface area (TPSA) is 35.0 Å². The zero-order valence-electron chi connectivity index (χ0n) is 14.3. The molecule has 0 spiro atoms. The Morgan fingerprint density at radius 2 is 1.77 bits per heavy atom. The van der Waals surface area contributed by atoms with Crippen LogP contribution in [0.25, 0.3) is 11.4 Å². The van der Waals surface area contributed by atoms with Crippen molar-refractivity contribution < 1.29 is 4.74 Å². The van der Waals surface area contributed by atoms with Crippen molar-refractivity contribution in [1.29, 1.82) is 0 Å². The average Bonchev–Trinajstić information content (AvgIpc) is 2.46. The van der Waals surface area contributed by atoms with Crippen LogP contribution in [0.4, 0.5) is 0 Å². The lowest BCUT2D eigenvalue weighted by Crippen LogP contribution is -2.11. The van der Waals surface area contributed by atoms with E-state index >= 15 is 0 Å². The third-order valence-electron chi connectivity index (χ3n) is 3.70. The molecule has 0 atom stereocenters. The molecular weight excluding hydrogens is 272 g/mol. The van der Waals surface area contributed by atoms with E-state index in [9.17, 15) is 0 Å². The zero-order valence-corrected chi connectivity index (χ0v) is 14.3. The molecule has 3 nitrogen and oxygen atoms in total. The molecule has 1 aromatic carbocycles. The standard InChI is InChI=1S/C19H26N2O/c1-6-15-13-20-18(21-14(15)2)16-7-9-17(10-8-16)22-12-11-19(3,4)5/h7-10,13H,6,11-12H2,1-5H3. The highest BCUT2D eigenvalue weighted by Gasteiger charge is 2.10. The highest BCUT2D eigenvalue weighted by atomic mass is 16.5. The van der Waals surface area contributed by atoms with Crippen LogP contribution in [0.15, 0.2) is 30.5 Å². The molecule has 0 aliphatic heterocycles. The molecule has 2 aromatic rings. The maximum absolute atomic E-state index is 5.79. The van der Waals surface area contributed by atoms with E-state index in [2.05, 4.69) is 37.7 Å². The summed E-state index contributed by atoms with van der Waals surface area (Å²) in [6, 6.07) is 8.02. The molecule has 22 heavy (non-hydrogen) atoms. The van der Waals surface area contributed by atoms with Gasteiger partial charge in [0.2, 0.25) is 0 Å². The Morgan fingerprint density at radius 3 is 2.32 bits per heavy atom. The fourth-order valence-electron chi connectivity index (χ4n) is 2.15. The summed E-state index contributed by atoms with van der Waals surface area (Å²) < 4.78 is 5.79. The summed E-state index contributed by atoms with van der Waals surface area (Å²) in [6.07, 6.45) is 3.92. The van der Waals surface area contributed by atoms with Crippen LogP contribution in [0.1, 0.15) is 45.4 Å². The summed E-state index contributed by atoms with van der Waals surface area (Å²) in [5.74, 6) is 1.67. The molecule has 2 rings (SSSR count). The number of aryl methyl sites for hydroxylation is 2. The number of aromatic nitrogens is 2. The second-order valence-electron chi connectivity index (χ2n) is 6.84. The number of nitrogens with zero attached hydrogens (tertiary/aromatic N) is 2. The predicted octanol–water partition coefficient (Wildman–Crippen LogP) is 4.83. The first-order valence-corrected chi connectivity index (χ1v) is 7.95. The van der Waals surface area contributed by atoms with Gasteiger partial charge in [-0.05, 0) is 55.0 Å². The maximum atomic E-state index is 5.79. The van der Waals surface area contributed by atoms with Gasteiger partial charge in [-0.25, -0.2) is 9.97 Å². The molecule has 0 amide bonds. The Labute approximate surface area is 133 Å². The molecule has 0 bridgehead atoms. The molecule has 118 valence electrons. The molecule has 1 heterocycles. The first-order chi connectivity index (χ1) is 10.4. The smallest absolute Gasteiger partial charge is 0.159 e. The summed E-state index contributed by atoms with van der Waals surface area (Å²) in [6.45, 7) is 11.6. The van der Waals surface area contributed by atoms with Crippen molar-refractivity contribution in [3.63, 3.8) is 0 Å². The quantitative estimate of drug-likeness (QED) is 0.793. The zero-order chi connectivity index (χ0) is 16.2. The molecule has 0 unspecified atom stereocenters. The fraction of sp³-hybridized carbons (Fsp3) is 0.474. The Hall–Kier alpha value is -1.90. The lowest BCUT2D eigenvalue weighted by Gasteiger charge is -2.18. The van der Waals surface area contributed by atoms with Gasteiger partial charge in [0.05, 0.1) is 6.61 Å². The van der Waals surface area contributed by atoms with Crippen LogP contribution in [0.3, 0.4) is 0 Å². The minimum atomic E-state index is 0.298. The van der Waals surface area contributed by atoms with Crippen molar-refractivity contribution >= 4 is 0 Å². The summed E-state index contributed by atoms with van der Waals surface area (Å²) in [5.41, 5.74) is 3.57. The van der Waals surface area contributed by atoms with Gasteiger partial charge in [0.1, 0.15) is 5.75 Å². The fourth-order valence-corrected chi connectivity index (χ4v) is 2.15. The molecule has 0 saturated carbocycles. The molecule has 0 N–H and O–H groups in total. The van der Waals surface area contributed by atoms with Gasteiger partial charge in [0, 0.05) is 17.5 Å². The summed E-state index contributed by atoms with van der Waals surface area (Å²) in [5, 5.41) is 0.